The highest BCUT2D eigenvalue weighted by Crippen LogP contribution is 2.22. The Morgan fingerprint density at radius 3 is 1.74 bits per heavy atom. The van der Waals surface area contributed by atoms with E-state index >= 15 is 0 Å². The van der Waals surface area contributed by atoms with Crippen molar-refractivity contribution in [1.82, 2.24) is 0 Å². The Hall–Kier alpha value is -1.00. The molecule has 19 heavy (non-hydrogen) atoms. The van der Waals surface area contributed by atoms with Crippen molar-refractivity contribution in [3.05, 3.63) is 35.4 Å². The summed E-state index contributed by atoms with van der Waals surface area (Å²) in [6.45, 7) is 13.6. The molecular formula is C18H28Si. The Labute approximate surface area is 120 Å². The number of rotatable bonds is 3. The lowest BCUT2D eigenvalue weighted by molar-refractivity contribution is 0.590. The lowest BCUT2D eigenvalue weighted by Crippen LogP contribution is -2.29. The molecule has 0 bridgehead atoms. The summed E-state index contributed by atoms with van der Waals surface area (Å²) in [4.78, 5) is 0. The molecule has 0 atom stereocenters. The van der Waals surface area contributed by atoms with Gasteiger partial charge in [0.2, 0.25) is 0 Å². The van der Waals surface area contributed by atoms with E-state index in [1.54, 1.807) is 0 Å². The van der Waals surface area contributed by atoms with E-state index in [4.69, 9.17) is 0 Å². The lowest BCUT2D eigenvalue weighted by Gasteiger charge is -2.20. The molecule has 0 N–H and O–H groups in total. The second-order valence-electron chi connectivity index (χ2n) is 6.42. The monoisotopic (exact) mass is 272 g/mol. The summed E-state index contributed by atoms with van der Waals surface area (Å²) < 4.78 is 0. The second kappa shape index (κ2) is 6.44. The third kappa shape index (κ3) is 4.25. The molecule has 0 spiro atoms. The number of benzene rings is 1. The van der Waals surface area contributed by atoms with E-state index < -0.39 is 8.07 Å². The molecule has 0 nitrogen and oxygen atoms in total. The van der Waals surface area contributed by atoms with Crippen LogP contribution in [0.4, 0.5) is 0 Å². The van der Waals surface area contributed by atoms with Gasteiger partial charge in [-0.1, -0.05) is 59.6 Å². The van der Waals surface area contributed by atoms with Gasteiger partial charge in [0.1, 0.15) is 8.07 Å². The fraction of sp³-hybridized carbons (Fsp3) is 0.556. The van der Waals surface area contributed by atoms with E-state index in [2.05, 4.69) is 77.3 Å². The quantitative estimate of drug-likeness (QED) is 0.511. The van der Waals surface area contributed by atoms with Gasteiger partial charge in [0, 0.05) is 5.56 Å². The van der Waals surface area contributed by atoms with Crippen LogP contribution < -0.4 is 0 Å². The summed E-state index contributed by atoms with van der Waals surface area (Å²) in [5.74, 6) is 3.43. The highest BCUT2D eigenvalue weighted by atomic mass is 28.3. The minimum absolute atomic E-state index is 0.223. The van der Waals surface area contributed by atoms with Crippen LogP contribution in [0.5, 0.6) is 0 Å². The van der Waals surface area contributed by atoms with Gasteiger partial charge in [-0.25, -0.2) is 0 Å². The molecule has 0 saturated carbocycles. The van der Waals surface area contributed by atoms with Crippen molar-refractivity contribution in [2.45, 2.75) is 65.1 Å². The zero-order chi connectivity index (χ0) is 14.5. The fourth-order valence-electron chi connectivity index (χ4n) is 2.27. The predicted molar refractivity (Wildman–Crippen MR) is 89.2 cm³/mol. The van der Waals surface area contributed by atoms with Crippen LogP contribution >= 0.6 is 0 Å². The third-order valence-corrected chi connectivity index (χ3v) is 8.97. The molecule has 0 radical (unpaired) electrons. The zero-order valence-electron chi connectivity index (χ0n) is 13.4. The average Bonchev–Trinajstić information content (AvgIpc) is 2.40. The Morgan fingerprint density at radius 2 is 1.37 bits per heavy atom. The highest BCUT2D eigenvalue weighted by molar-refractivity contribution is 6.87. The summed E-state index contributed by atoms with van der Waals surface area (Å²) in [6.07, 6.45) is 0. The Balaban J connectivity index is 2.96. The van der Waals surface area contributed by atoms with Crippen LogP contribution in [0.3, 0.4) is 0 Å². The Kier molecular flexibility index (Phi) is 5.44. The molecule has 1 rings (SSSR count). The van der Waals surface area contributed by atoms with Crippen molar-refractivity contribution in [3.8, 4) is 11.5 Å². The van der Waals surface area contributed by atoms with Crippen LogP contribution in [-0.4, -0.2) is 8.07 Å². The van der Waals surface area contributed by atoms with Gasteiger partial charge in [-0.15, -0.1) is 5.54 Å². The van der Waals surface area contributed by atoms with Gasteiger partial charge in [-0.05, 0) is 41.2 Å². The van der Waals surface area contributed by atoms with Crippen LogP contribution in [0.15, 0.2) is 24.3 Å². The summed E-state index contributed by atoms with van der Waals surface area (Å²) in [7, 11) is -1.31. The maximum absolute atomic E-state index is 3.65. The second-order valence-corrected chi connectivity index (χ2v) is 11.4. The van der Waals surface area contributed by atoms with Crippen molar-refractivity contribution in [1.29, 1.82) is 0 Å². The first-order chi connectivity index (χ1) is 8.87. The fourth-order valence-corrected chi connectivity index (χ4v) is 4.71. The molecule has 0 unspecified atom stereocenters. The van der Waals surface area contributed by atoms with Crippen LogP contribution in [0.25, 0.3) is 0 Å². The van der Waals surface area contributed by atoms with Crippen molar-refractivity contribution in [3.63, 3.8) is 0 Å². The van der Waals surface area contributed by atoms with Gasteiger partial charge in [-0.3, -0.25) is 0 Å². The van der Waals surface area contributed by atoms with Gasteiger partial charge in [0.15, 0.2) is 0 Å². The Bertz CT molecular complexity index is 439. The lowest BCUT2D eigenvalue weighted by atomic mass is 9.87. The molecule has 104 valence electrons. The van der Waals surface area contributed by atoms with E-state index in [9.17, 15) is 0 Å². The van der Waals surface area contributed by atoms with Gasteiger partial charge in [0.05, 0.1) is 0 Å². The standard InChI is InChI=1S/C18H28Si/c1-7-19(8-2,9-3)15-14-16-10-12-17(13-11-16)18(4,5)6/h10-13H,7-9H2,1-6H3. The molecule has 0 aliphatic rings. The minimum atomic E-state index is -1.31. The smallest absolute Gasteiger partial charge is 0.126 e. The summed E-state index contributed by atoms with van der Waals surface area (Å²) in [6, 6.07) is 12.6. The van der Waals surface area contributed by atoms with Crippen molar-refractivity contribution >= 4 is 8.07 Å². The molecule has 1 heteroatoms. The first-order valence-electron chi connectivity index (χ1n) is 7.50. The van der Waals surface area contributed by atoms with E-state index in [1.807, 2.05) is 0 Å². The van der Waals surface area contributed by atoms with E-state index in [1.165, 1.54) is 29.3 Å². The molecule has 0 saturated heterocycles. The van der Waals surface area contributed by atoms with Gasteiger partial charge in [-0.2, -0.15) is 0 Å². The topological polar surface area (TPSA) is 0 Å². The predicted octanol–water partition coefficient (Wildman–Crippen LogP) is 5.38. The van der Waals surface area contributed by atoms with Crippen molar-refractivity contribution in [2.24, 2.45) is 0 Å². The van der Waals surface area contributed by atoms with Gasteiger partial charge < -0.3 is 0 Å². The molecule has 0 aliphatic carbocycles. The van der Waals surface area contributed by atoms with Crippen LogP contribution in [0.2, 0.25) is 18.1 Å². The molecule has 0 aliphatic heterocycles. The SMILES string of the molecule is CC[Si](C#Cc1ccc(C(C)(C)C)cc1)(CC)CC. The molecule has 1 aromatic rings. The largest absolute Gasteiger partial charge is 0.138 e. The molecule has 0 aromatic heterocycles. The third-order valence-electron chi connectivity index (χ3n) is 4.25. The molecule has 1 aromatic carbocycles. The minimum Gasteiger partial charge on any atom is -0.126 e. The molecule has 0 amide bonds. The first-order valence-corrected chi connectivity index (χ1v) is 10.1. The Morgan fingerprint density at radius 1 is 0.895 bits per heavy atom. The van der Waals surface area contributed by atoms with Gasteiger partial charge >= 0.3 is 0 Å². The van der Waals surface area contributed by atoms with Gasteiger partial charge in [0.25, 0.3) is 0 Å². The maximum Gasteiger partial charge on any atom is 0.138 e. The van der Waals surface area contributed by atoms with E-state index in [-0.39, 0.29) is 5.41 Å². The normalized spacial score (nSPS) is 11.9. The molecular weight excluding hydrogens is 244 g/mol. The highest BCUT2D eigenvalue weighted by Gasteiger charge is 2.24. The van der Waals surface area contributed by atoms with Crippen LogP contribution in [-0.2, 0) is 5.41 Å². The number of hydrogen-bond donors (Lipinski definition) is 0. The van der Waals surface area contributed by atoms with Crippen molar-refractivity contribution < 1.29 is 0 Å². The van der Waals surface area contributed by atoms with Crippen LogP contribution in [0, 0.1) is 11.5 Å². The summed E-state index contributed by atoms with van der Waals surface area (Å²) >= 11 is 0. The first kappa shape index (κ1) is 16.1. The summed E-state index contributed by atoms with van der Waals surface area (Å²) in [5, 5.41) is 0. The molecule has 0 fully saturated rings. The summed E-state index contributed by atoms with van der Waals surface area (Å²) in [5.41, 5.74) is 6.41. The average molecular weight is 273 g/mol. The van der Waals surface area contributed by atoms with Crippen LogP contribution in [0.1, 0.15) is 52.7 Å². The van der Waals surface area contributed by atoms with E-state index in [0.717, 1.165) is 0 Å². The maximum atomic E-state index is 3.65. The number of hydrogen-bond acceptors (Lipinski definition) is 0. The van der Waals surface area contributed by atoms with E-state index in [0.29, 0.717) is 0 Å². The zero-order valence-corrected chi connectivity index (χ0v) is 14.4. The molecule has 0 heterocycles. The van der Waals surface area contributed by atoms with Crippen molar-refractivity contribution in [2.75, 3.05) is 0 Å².